The molecule has 1 fully saturated rings. The summed E-state index contributed by atoms with van der Waals surface area (Å²) < 4.78 is 47.9. The average Bonchev–Trinajstić information content (AvgIpc) is 3.01. The third-order valence-electron chi connectivity index (χ3n) is 7.28. The number of carbonyl (C=O) groups excluding carboxylic acids is 2. The van der Waals surface area contributed by atoms with Crippen molar-refractivity contribution in [1.29, 1.82) is 0 Å². The first-order valence-electron chi connectivity index (χ1n) is 13.9. The van der Waals surface area contributed by atoms with Gasteiger partial charge in [0, 0.05) is 48.8 Å². The van der Waals surface area contributed by atoms with Gasteiger partial charge >= 0.3 is 6.36 Å². The number of piperidine rings is 1. The number of anilines is 2. The maximum Gasteiger partial charge on any atom is 0.573 e. The van der Waals surface area contributed by atoms with Gasteiger partial charge in [0.15, 0.2) is 0 Å². The molecule has 0 aromatic heterocycles. The number of benzene rings is 4. The molecule has 44 heavy (non-hydrogen) atoms. The number of likely N-dealkylation sites (tertiary alicyclic amines) is 1. The van der Waals surface area contributed by atoms with Crippen molar-refractivity contribution in [3.8, 4) is 22.6 Å². The Labute approximate surface area is 252 Å². The second-order valence-corrected chi connectivity index (χ2v) is 10.4. The van der Waals surface area contributed by atoms with Crippen molar-refractivity contribution in [3.63, 3.8) is 0 Å². The van der Waals surface area contributed by atoms with E-state index in [0.29, 0.717) is 65.3 Å². The number of nitrogens with zero attached hydrogens (tertiary/aromatic N) is 1. The molecule has 11 heteroatoms. The number of carbonyl (C=O) groups is 2. The Kier molecular flexibility index (Phi) is 9.05. The topological polar surface area (TPSA) is 100 Å². The van der Waals surface area contributed by atoms with Crippen LogP contribution < -0.4 is 20.3 Å². The molecule has 0 spiro atoms. The van der Waals surface area contributed by atoms with Crippen molar-refractivity contribution in [2.75, 3.05) is 23.9 Å². The van der Waals surface area contributed by atoms with Gasteiger partial charge in [-0.05, 0) is 78.2 Å². The Balaban J connectivity index is 1.22. The molecule has 1 saturated heterocycles. The maximum atomic E-state index is 13.4. The Hall–Kier alpha value is -5.03. The molecule has 8 nitrogen and oxygen atoms in total. The summed E-state index contributed by atoms with van der Waals surface area (Å²) in [6.45, 7) is 2.88. The molecule has 1 aliphatic rings. The van der Waals surface area contributed by atoms with Crippen molar-refractivity contribution >= 4 is 23.2 Å². The number of amides is 2. The molecule has 4 aromatic carbocycles. The molecule has 0 aliphatic carbocycles. The highest BCUT2D eigenvalue weighted by molar-refractivity contribution is 6.09. The van der Waals surface area contributed by atoms with Crippen LogP contribution in [0.5, 0.6) is 11.5 Å². The van der Waals surface area contributed by atoms with Gasteiger partial charge < -0.3 is 19.7 Å². The van der Waals surface area contributed by atoms with Gasteiger partial charge in [-0.2, -0.15) is 0 Å². The second kappa shape index (κ2) is 13.1. The summed E-state index contributed by atoms with van der Waals surface area (Å²) in [5, 5.41) is 11.9. The monoisotopic (exact) mass is 605 g/mol. The van der Waals surface area contributed by atoms with Crippen LogP contribution in [0.15, 0.2) is 91.0 Å². The number of alkyl halides is 3. The van der Waals surface area contributed by atoms with Crippen molar-refractivity contribution in [1.82, 2.24) is 4.90 Å². The Bertz CT molecular complexity index is 1620. The molecule has 0 unspecified atom stereocenters. The van der Waals surface area contributed by atoms with E-state index < -0.39 is 6.36 Å². The molecular formula is C33H30F3N3O5. The summed E-state index contributed by atoms with van der Waals surface area (Å²) in [5.74, 6) is -0.240. The summed E-state index contributed by atoms with van der Waals surface area (Å²) in [6, 6.07) is 24.2. The molecular weight excluding hydrogens is 575 g/mol. The molecule has 2 amide bonds. The van der Waals surface area contributed by atoms with E-state index in [2.05, 4.69) is 10.1 Å². The molecule has 5 rings (SSSR count). The fourth-order valence-electron chi connectivity index (χ4n) is 5.15. The lowest BCUT2D eigenvalue weighted by Crippen LogP contribution is -2.41. The number of hydrogen-bond acceptors (Lipinski definition) is 6. The van der Waals surface area contributed by atoms with E-state index in [1.54, 1.807) is 65.6 Å². The highest BCUT2D eigenvalue weighted by Crippen LogP contribution is 2.32. The molecule has 228 valence electrons. The van der Waals surface area contributed by atoms with Crippen molar-refractivity contribution < 1.29 is 37.4 Å². The smallest absolute Gasteiger partial charge is 0.490 e. The van der Waals surface area contributed by atoms with E-state index in [-0.39, 0.29) is 23.7 Å². The van der Waals surface area contributed by atoms with Gasteiger partial charge in [-0.3, -0.25) is 20.3 Å². The lowest BCUT2D eigenvalue weighted by molar-refractivity contribution is -0.274. The predicted octanol–water partition coefficient (Wildman–Crippen LogP) is 7.30. The third kappa shape index (κ3) is 7.48. The van der Waals surface area contributed by atoms with Crippen molar-refractivity contribution in [2.45, 2.75) is 32.2 Å². The zero-order chi connectivity index (χ0) is 31.3. The molecule has 0 saturated carbocycles. The number of ether oxygens (including phenoxy) is 2. The van der Waals surface area contributed by atoms with Crippen LogP contribution in [-0.4, -0.2) is 47.5 Å². The van der Waals surface area contributed by atoms with Gasteiger partial charge in [-0.15, -0.1) is 13.2 Å². The SMILES string of the molecule is Cc1cccc(C(=O)Nc2cccc(OC3CCN(C(=O)c4ccc(NO)cc4)CC3)c2)c1-c1ccc(OC(F)(F)F)cc1. The summed E-state index contributed by atoms with van der Waals surface area (Å²) in [4.78, 5) is 28.0. The van der Waals surface area contributed by atoms with E-state index >= 15 is 0 Å². The lowest BCUT2D eigenvalue weighted by atomic mass is 9.94. The molecule has 1 aliphatic heterocycles. The molecule has 1 heterocycles. The Morgan fingerprint density at radius 2 is 1.55 bits per heavy atom. The van der Waals surface area contributed by atoms with Crippen molar-refractivity contribution in [2.24, 2.45) is 0 Å². The van der Waals surface area contributed by atoms with Crippen LogP contribution in [0.1, 0.15) is 39.1 Å². The van der Waals surface area contributed by atoms with Crippen LogP contribution in [0.4, 0.5) is 24.5 Å². The van der Waals surface area contributed by atoms with E-state index in [9.17, 15) is 22.8 Å². The lowest BCUT2D eigenvalue weighted by Gasteiger charge is -2.32. The zero-order valence-corrected chi connectivity index (χ0v) is 23.7. The van der Waals surface area contributed by atoms with Crippen LogP contribution in [-0.2, 0) is 0 Å². The van der Waals surface area contributed by atoms with E-state index in [1.807, 2.05) is 18.5 Å². The molecule has 0 atom stereocenters. The minimum atomic E-state index is -4.79. The predicted molar refractivity (Wildman–Crippen MR) is 159 cm³/mol. The first kappa shape index (κ1) is 30.4. The summed E-state index contributed by atoms with van der Waals surface area (Å²) in [5.41, 5.74) is 5.91. The Morgan fingerprint density at radius 3 is 2.20 bits per heavy atom. The van der Waals surface area contributed by atoms with Gasteiger partial charge in [0.1, 0.15) is 17.6 Å². The molecule has 3 N–H and O–H groups in total. The van der Waals surface area contributed by atoms with Crippen molar-refractivity contribution in [3.05, 3.63) is 108 Å². The number of aryl methyl sites for hydroxylation is 1. The summed E-state index contributed by atoms with van der Waals surface area (Å²) >= 11 is 0. The quantitative estimate of drug-likeness (QED) is 0.182. The molecule has 4 aromatic rings. The minimum absolute atomic E-state index is 0.0845. The first-order valence-corrected chi connectivity index (χ1v) is 13.9. The number of nitrogens with one attached hydrogen (secondary N) is 2. The number of halogens is 3. The van der Waals surface area contributed by atoms with Gasteiger partial charge in [-0.25, -0.2) is 0 Å². The van der Waals surface area contributed by atoms with Crippen LogP contribution in [0, 0.1) is 6.92 Å². The fraction of sp³-hybridized carbons (Fsp3) is 0.212. The van der Waals surface area contributed by atoms with Crippen LogP contribution >= 0.6 is 0 Å². The summed E-state index contributed by atoms with van der Waals surface area (Å²) in [6.07, 6.45) is -3.63. The molecule has 0 radical (unpaired) electrons. The first-order chi connectivity index (χ1) is 21.1. The zero-order valence-electron chi connectivity index (χ0n) is 23.7. The standard InChI is InChI=1S/C33H30F3N3O5/c1-21-4-2-7-29(30(21)22-10-14-27(15-11-22)44-33(34,35)36)31(40)37-25-5-3-6-28(20-25)43-26-16-18-39(19-17-26)32(41)23-8-12-24(38-42)13-9-23/h2-15,20,26,38,42H,16-19H2,1H3,(H,37,40). The number of rotatable bonds is 8. The molecule has 0 bridgehead atoms. The number of hydrogen-bond donors (Lipinski definition) is 3. The highest BCUT2D eigenvalue weighted by atomic mass is 19.4. The van der Waals surface area contributed by atoms with E-state index in [1.165, 1.54) is 24.3 Å². The van der Waals surface area contributed by atoms with Gasteiger partial charge in [0.2, 0.25) is 0 Å². The Morgan fingerprint density at radius 1 is 0.864 bits per heavy atom. The highest BCUT2D eigenvalue weighted by Gasteiger charge is 2.31. The minimum Gasteiger partial charge on any atom is -0.490 e. The maximum absolute atomic E-state index is 13.4. The van der Waals surface area contributed by atoms with Crippen LogP contribution in [0.3, 0.4) is 0 Å². The van der Waals surface area contributed by atoms with Gasteiger partial charge in [0.25, 0.3) is 11.8 Å². The normalized spacial score (nSPS) is 13.7. The van der Waals surface area contributed by atoms with E-state index in [4.69, 9.17) is 9.94 Å². The van der Waals surface area contributed by atoms with Crippen LogP contribution in [0.25, 0.3) is 11.1 Å². The van der Waals surface area contributed by atoms with Gasteiger partial charge in [-0.1, -0.05) is 30.3 Å². The fourth-order valence-corrected chi connectivity index (χ4v) is 5.15. The van der Waals surface area contributed by atoms with E-state index in [0.717, 1.165) is 5.56 Å². The second-order valence-electron chi connectivity index (χ2n) is 10.4. The van der Waals surface area contributed by atoms with Gasteiger partial charge in [0.05, 0.1) is 5.69 Å². The largest absolute Gasteiger partial charge is 0.573 e. The average molecular weight is 606 g/mol. The van der Waals surface area contributed by atoms with Crippen LogP contribution in [0.2, 0.25) is 0 Å². The third-order valence-corrected chi connectivity index (χ3v) is 7.28. The summed E-state index contributed by atoms with van der Waals surface area (Å²) in [7, 11) is 0.